The normalized spacial score (nSPS) is 6.10. The molecule has 0 spiro atoms. The Morgan fingerprint density at radius 3 is 2.80 bits per heavy atom. The first kappa shape index (κ1) is 8.64. The standard InChI is InChI=1S/C10H10/c1-4-6-7-8-9-10(3)5-2/h1,8H,5H2,2-3H3. The summed E-state index contributed by atoms with van der Waals surface area (Å²) in [6, 6.07) is 0. The lowest BCUT2D eigenvalue weighted by atomic mass is 10.2. The second-order valence-electron chi connectivity index (χ2n) is 1.84. The molecule has 0 N–H and O–H groups in total. The fourth-order valence-electron chi connectivity index (χ4n) is 0.339. The van der Waals surface area contributed by atoms with Crippen molar-refractivity contribution >= 4 is 0 Å². The van der Waals surface area contributed by atoms with Gasteiger partial charge in [0.25, 0.3) is 0 Å². The number of allylic oxidation sites excluding steroid dienone is 1. The first-order chi connectivity index (χ1) is 4.81. The Balaban J connectivity index is 4.13. The Kier molecular flexibility index (Phi) is 4.99. The molecule has 0 aromatic heterocycles. The lowest BCUT2D eigenvalue weighted by molar-refractivity contribution is 1.11. The van der Waals surface area contributed by atoms with Crippen LogP contribution < -0.4 is 0 Å². The molecule has 0 unspecified atom stereocenters. The summed E-state index contributed by atoms with van der Waals surface area (Å²) in [6.07, 6.45) is 7.56. The Morgan fingerprint density at radius 2 is 2.30 bits per heavy atom. The van der Waals surface area contributed by atoms with E-state index in [0.29, 0.717) is 0 Å². The van der Waals surface area contributed by atoms with Gasteiger partial charge < -0.3 is 0 Å². The van der Waals surface area contributed by atoms with Crippen LogP contribution in [0.15, 0.2) is 17.4 Å². The van der Waals surface area contributed by atoms with Gasteiger partial charge in [0.1, 0.15) is 0 Å². The minimum Gasteiger partial charge on any atom is -0.113 e. The molecule has 0 saturated carbocycles. The lowest BCUT2D eigenvalue weighted by Crippen LogP contribution is -1.63. The molecule has 0 bridgehead atoms. The maximum Gasteiger partial charge on any atom is 0.0311 e. The number of hydrogen-bond acceptors (Lipinski definition) is 0. The van der Waals surface area contributed by atoms with E-state index in [1.54, 1.807) is 6.08 Å². The van der Waals surface area contributed by atoms with Crippen LogP contribution in [0.5, 0.6) is 0 Å². The molecule has 0 nitrogen and oxygen atoms in total. The molecule has 10 heavy (non-hydrogen) atoms. The van der Waals surface area contributed by atoms with Crippen molar-refractivity contribution in [3.63, 3.8) is 0 Å². The van der Waals surface area contributed by atoms with Crippen molar-refractivity contribution < 1.29 is 0 Å². The second kappa shape index (κ2) is 5.77. The summed E-state index contributed by atoms with van der Waals surface area (Å²) in [5.41, 5.74) is 4.18. The van der Waals surface area contributed by atoms with Gasteiger partial charge in [-0.25, -0.2) is 0 Å². The molecule has 0 aliphatic carbocycles. The molecule has 0 aromatic carbocycles. The molecule has 0 aliphatic rings. The van der Waals surface area contributed by atoms with E-state index in [9.17, 15) is 0 Å². The molecule has 0 radical (unpaired) electrons. The molecular weight excluding hydrogens is 120 g/mol. The van der Waals surface area contributed by atoms with Crippen LogP contribution in [0.1, 0.15) is 20.3 Å². The van der Waals surface area contributed by atoms with Crippen LogP contribution in [0.2, 0.25) is 0 Å². The Labute approximate surface area is 62.6 Å². The highest BCUT2D eigenvalue weighted by molar-refractivity contribution is 5.28. The fourth-order valence-corrected chi connectivity index (χ4v) is 0.339. The molecule has 50 valence electrons. The molecule has 0 fully saturated rings. The molecular formula is C10H10. The Hall–Kier alpha value is -1.36. The third-order valence-electron chi connectivity index (χ3n) is 1.07. The molecule has 0 saturated heterocycles. The monoisotopic (exact) mass is 130 g/mol. The Bertz CT molecular complexity index is 244. The summed E-state index contributed by atoms with van der Waals surface area (Å²) in [6.45, 7) is 4.08. The van der Waals surface area contributed by atoms with Crippen LogP contribution in [-0.2, 0) is 0 Å². The van der Waals surface area contributed by atoms with Gasteiger partial charge in [-0.15, -0.1) is 12.2 Å². The van der Waals surface area contributed by atoms with Gasteiger partial charge in [-0.05, 0) is 30.8 Å². The highest BCUT2D eigenvalue weighted by Crippen LogP contribution is 1.92. The smallest absolute Gasteiger partial charge is 0.0311 e. The van der Waals surface area contributed by atoms with Crippen LogP contribution >= 0.6 is 0 Å². The van der Waals surface area contributed by atoms with Gasteiger partial charge in [0.15, 0.2) is 0 Å². The van der Waals surface area contributed by atoms with Crippen LogP contribution in [0, 0.1) is 24.2 Å². The summed E-state index contributed by atoms with van der Waals surface area (Å²) in [5, 5.41) is 0. The van der Waals surface area contributed by atoms with Crippen LogP contribution in [0.25, 0.3) is 0 Å². The van der Waals surface area contributed by atoms with Gasteiger partial charge in [0.2, 0.25) is 0 Å². The quantitative estimate of drug-likeness (QED) is 0.377. The number of rotatable bonds is 1. The summed E-state index contributed by atoms with van der Waals surface area (Å²) < 4.78 is 0. The molecule has 0 rings (SSSR count). The third-order valence-corrected chi connectivity index (χ3v) is 1.07. The summed E-state index contributed by atoms with van der Waals surface area (Å²) in [7, 11) is 0. The van der Waals surface area contributed by atoms with E-state index in [4.69, 9.17) is 6.42 Å². The van der Waals surface area contributed by atoms with E-state index in [2.05, 4.69) is 30.4 Å². The van der Waals surface area contributed by atoms with Crippen molar-refractivity contribution in [3.8, 4) is 24.2 Å². The summed E-state index contributed by atoms with van der Waals surface area (Å²) in [5.74, 6) is 7.35. The van der Waals surface area contributed by atoms with Crippen LogP contribution in [0.3, 0.4) is 0 Å². The van der Waals surface area contributed by atoms with E-state index in [-0.39, 0.29) is 0 Å². The van der Waals surface area contributed by atoms with E-state index >= 15 is 0 Å². The van der Waals surface area contributed by atoms with Gasteiger partial charge in [-0.3, -0.25) is 0 Å². The zero-order chi connectivity index (χ0) is 7.82. The van der Waals surface area contributed by atoms with Gasteiger partial charge in [-0.1, -0.05) is 12.8 Å². The predicted molar refractivity (Wildman–Crippen MR) is 44.2 cm³/mol. The number of terminal acetylenes is 1. The summed E-state index contributed by atoms with van der Waals surface area (Å²) in [4.78, 5) is 0. The van der Waals surface area contributed by atoms with Crippen LogP contribution in [0.4, 0.5) is 0 Å². The van der Waals surface area contributed by atoms with E-state index in [0.717, 1.165) is 6.42 Å². The topological polar surface area (TPSA) is 0 Å². The minimum absolute atomic E-state index is 1.01. The van der Waals surface area contributed by atoms with E-state index in [1.165, 1.54) is 5.57 Å². The first-order valence-corrected chi connectivity index (χ1v) is 3.18. The fraction of sp³-hybridized carbons (Fsp3) is 0.300. The average molecular weight is 130 g/mol. The number of hydrogen-bond donors (Lipinski definition) is 0. The molecule has 0 atom stereocenters. The molecule has 0 heterocycles. The van der Waals surface area contributed by atoms with Crippen LogP contribution in [-0.4, -0.2) is 0 Å². The van der Waals surface area contributed by atoms with E-state index in [1.807, 2.05) is 6.92 Å². The van der Waals surface area contributed by atoms with Crippen molar-refractivity contribution in [2.45, 2.75) is 20.3 Å². The molecule has 0 heteroatoms. The first-order valence-electron chi connectivity index (χ1n) is 3.18. The second-order valence-corrected chi connectivity index (χ2v) is 1.84. The van der Waals surface area contributed by atoms with Crippen molar-refractivity contribution in [1.29, 1.82) is 0 Å². The zero-order valence-corrected chi connectivity index (χ0v) is 6.36. The van der Waals surface area contributed by atoms with Crippen molar-refractivity contribution in [1.82, 2.24) is 0 Å². The average Bonchev–Trinajstić information content (AvgIpc) is 1.98. The molecule has 0 amide bonds. The molecule has 0 aliphatic heterocycles. The minimum atomic E-state index is 1.01. The van der Waals surface area contributed by atoms with Crippen molar-refractivity contribution in [2.75, 3.05) is 0 Å². The van der Waals surface area contributed by atoms with Gasteiger partial charge >= 0.3 is 0 Å². The largest absolute Gasteiger partial charge is 0.113 e. The van der Waals surface area contributed by atoms with Gasteiger partial charge in [0, 0.05) is 6.08 Å². The van der Waals surface area contributed by atoms with Crippen molar-refractivity contribution in [2.24, 2.45) is 0 Å². The highest BCUT2D eigenvalue weighted by atomic mass is 13.8. The van der Waals surface area contributed by atoms with E-state index < -0.39 is 0 Å². The zero-order valence-electron chi connectivity index (χ0n) is 6.36. The van der Waals surface area contributed by atoms with Gasteiger partial charge in [0.05, 0.1) is 0 Å². The maximum absolute atomic E-state index is 4.90. The predicted octanol–water partition coefficient (Wildman–Crippen LogP) is 2.13. The SMILES string of the molecule is C#CC#CC=C=C(C)CC. The summed E-state index contributed by atoms with van der Waals surface area (Å²) >= 11 is 0. The van der Waals surface area contributed by atoms with Gasteiger partial charge in [-0.2, -0.15) is 0 Å². The lowest BCUT2D eigenvalue weighted by Gasteiger charge is -1.81. The Morgan fingerprint density at radius 1 is 1.60 bits per heavy atom. The molecule has 0 aromatic rings. The van der Waals surface area contributed by atoms with Crippen molar-refractivity contribution in [3.05, 3.63) is 17.4 Å². The highest BCUT2D eigenvalue weighted by Gasteiger charge is 1.74. The third kappa shape index (κ3) is 4.79. The maximum atomic E-state index is 4.90.